The van der Waals surface area contributed by atoms with Crippen molar-refractivity contribution in [2.75, 3.05) is 20.2 Å². The Bertz CT molecular complexity index is 2370. The van der Waals surface area contributed by atoms with Gasteiger partial charge in [-0.1, -0.05) is 66.2 Å². The van der Waals surface area contributed by atoms with Crippen molar-refractivity contribution in [1.29, 1.82) is 0 Å². The maximum absolute atomic E-state index is 12.9. The predicted octanol–water partition coefficient (Wildman–Crippen LogP) is 6.36. The van der Waals surface area contributed by atoms with Crippen molar-refractivity contribution in [3.05, 3.63) is 138 Å². The molecule has 0 saturated carbocycles. The number of nitrogens with one attached hydrogen (secondary N) is 1. The summed E-state index contributed by atoms with van der Waals surface area (Å²) >= 11 is 0. The molecule has 0 spiro atoms. The number of benzene rings is 5. The third-order valence-electron chi connectivity index (χ3n) is 9.01. The standard InChI is InChI=1S/C23H22O6S2.C17H19NO3S/c1-17-7-12-21(13-8-17)31(26,27)28-16-19-11-9-18-10-14-22(15-23(18)29-19)30(24,25)20-5-3-2-4-6-20;1-18-12-14-9-7-13-8-10-16(11-17(13)21-14)22(19,20)15-5-3-2-4-6-15/h2-8,10,12-15,19H,9,11,16H2,1H3;2-6,8,10-11,14,18H,7,9,12H2,1H3/t19-;14-/m11/s1. The number of aryl methyl sites for hydroxylation is 3. The van der Waals surface area contributed by atoms with Gasteiger partial charge in [0.05, 0.1) is 24.5 Å². The maximum atomic E-state index is 12.9. The highest BCUT2D eigenvalue weighted by molar-refractivity contribution is 7.91. The maximum Gasteiger partial charge on any atom is 0.297 e. The van der Waals surface area contributed by atoms with Crippen molar-refractivity contribution >= 4 is 29.8 Å². The summed E-state index contributed by atoms with van der Waals surface area (Å²) in [6, 6.07) is 33.1. The van der Waals surface area contributed by atoms with E-state index in [0.717, 1.165) is 36.1 Å². The van der Waals surface area contributed by atoms with Crippen LogP contribution in [0.1, 0.15) is 29.5 Å². The van der Waals surface area contributed by atoms with E-state index in [9.17, 15) is 25.3 Å². The number of rotatable bonds is 10. The van der Waals surface area contributed by atoms with Gasteiger partial charge in [0, 0.05) is 6.54 Å². The highest BCUT2D eigenvalue weighted by atomic mass is 32.2. The van der Waals surface area contributed by atoms with Gasteiger partial charge in [0.1, 0.15) is 30.3 Å². The number of sulfone groups is 2. The zero-order valence-corrected chi connectivity index (χ0v) is 31.8. The molecule has 10 nitrogen and oxygen atoms in total. The summed E-state index contributed by atoms with van der Waals surface area (Å²) in [5.41, 5.74) is 2.90. The smallest absolute Gasteiger partial charge is 0.297 e. The summed E-state index contributed by atoms with van der Waals surface area (Å²) in [5.74, 6) is 1.12. The van der Waals surface area contributed by atoms with Gasteiger partial charge in [-0.15, -0.1) is 0 Å². The van der Waals surface area contributed by atoms with Gasteiger partial charge in [0.2, 0.25) is 19.7 Å². The Kier molecular flexibility index (Phi) is 11.7. The SMILES string of the molecule is CNC[C@H]1CCc2ccc(S(=O)(=O)c3ccccc3)cc2O1.Cc1ccc(S(=O)(=O)OC[C@H]2CCc3ccc(S(=O)(=O)c4ccccc4)cc3O2)cc1. The second-order valence-electron chi connectivity index (χ2n) is 12.8. The van der Waals surface area contributed by atoms with E-state index in [1.807, 2.05) is 20.0 Å². The van der Waals surface area contributed by atoms with Gasteiger partial charge in [-0.25, -0.2) is 16.8 Å². The molecule has 2 aliphatic rings. The van der Waals surface area contributed by atoms with Crippen LogP contribution in [0.3, 0.4) is 0 Å². The molecule has 2 atom stereocenters. The Labute approximate surface area is 311 Å². The summed E-state index contributed by atoms with van der Waals surface area (Å²) in [7, 11) is -9.18. The van der Waals surface area contributed by atoms with Crippen molar-refractivity contribution in [3.63, 3.8) is 0 Å². The first-order valence-corrected chi connectivity index (χ1v) is 21.5. The molecule has 0 aromatic heterocycles. The van der Waals surface area contributed by atoms with E-state index in [0.29, 0.717) is 29.2 Å². The lowest BCUT2D eigenvalue weighted by Gasteiger charge is -2.26. The lowest BCUT2D eigenvalue weighted by molar-refractivity contribution is 0.112. The average Bonchev–Trinajstić information content (AvgIpc) is 3.18. The summed E-state index contributed by atoms with van der Waals surface area (Å²) in [6.45, 7) is 2.48. The van der Waals surface area contributed by atoms with Gasteiger partial charge < -0.3 is 14.8 Å². The third kappa shape index (κ3) is 8.99. The highest BCUT2D eigenvalue weighted by Gasteiger charge is 2.27. The first kappa shape index (κ1) is 38.2. The van der Waals surface area contributed by atoms with Crippen LogP contribution in [0, 0.1) is 6.92 Å². The molecule has 53 heavy (non-hydrogen) atoms. The van der Waals surface area contributed by atoms with E-state index >= 15 is 0 Å². The fraction of sp³-hybridized carbons (Fsp3) is 0.250. The van der Waals surface area contributed by atoms with E-state index in [2.05, 4.69) is 5.32 Å². The van der Waals surface area contributed by atoms with Crippen LogP contribution in [0.25, 0.3) is 0 Å². The van der Waals surface area contributed by atoms with Crippen LogP contribution in [0.15, 0.2) is 146 Å². The quantitative estimate of drug-likeness (QED) is 0.159. The van der Waals surface area contributed by atoms with E-state index in [1.54, 1.807) is 97.1 Å². The second kappa shape index (κ2) is 16.2. The Hall–Kier alpha value is -4.53. The molecule has 13 heteroatoms. The van der Waals surface area contributed by atoms with Gasteiger partial charge in [-0.05, 0) is 111 Å². The number of hydrogen-bond acceptors (Lipinski definition) is 10. The second-order valence-corrected chi connectivity index (χ2v) is 18.4. The summed E-state index contributed by atoms with van der Waals surface area (Å²) in [5, 5.41) is 3.10. The van der Waals surface area contributed by atoms with Crippen LogP contribution in [0.2, 0.25) is 0 Å². The zero-order chi connectivity index (χ0) is 37.6. The first-order valence-electron chi connectivity index (χ1n) is 17.2. The molecule has 0 saturated heterocycles. The van der Waals surface area contributed by atoms with Crippen molar-refractivity contribution in [2.24, 2.45) is 0 Å². The van der Waals surface area contributed by atoms with Crippen molar-refractivity contribution in [2.45, 2.75) is 69.3 Å². The molecule has 5 aromatic carbocycles. The molecule has 0 aliphatic carbocycles. The van der Waals surface area contributed by atoms with Gasteiger partial charge in [-0.2, -0.15) is 8.42 Å². The molecule has 2 heterocycles. The molecular weight excluding hydrogens is 735 g/mol. The van der Waals surface area contributed by atoms with E-state index in [-0.39, 0.29) is 32.3 Å². The normalized spacial score (nSPS) is 16.9. The summed E-state index contributed by atoms with van der Waals surface area (Å²) in [6.07, 6.45) is 2.65. The number of fused-ring (bicyclic) bond motifs is 2. The first-order chi connectivity index (χ1) is 25.4. The van der Waals surface area contributed by atoms with Gasteiger partial charge in [0.15, 0.2) is 0 Å². The highest BCUT2D eigenvalue weighted by Crippen LogP contribution is 2.34. The Morgan fingerprint density at radius 3 is 1.53 bits per heavy atom. The molecule has 0 unspecified atom stereocenters. The number of likely N-dealkylation sites (N-methyl/N-ethyl adjacent to an activating group) is 1. The Morgan fingerprint density at radius 1 is 0.585 bits per heavy atom. The van der Waals surface area contributed by atoms with Gasteiger partial charge in [-0.3, -0.25) is 4.18 Å². The fourth-order valence-corrected chi connectivity index (χ4v) is 9.58. The average molecular weight is 776 g/mol. The summed E-state index contributed by atoms with van der Waals surface area (Å²) < 4.78 is 92.9. The molecule has 7 rings (SSSR count). The minimum Gasteiger partial charge on any atom is -0.489 e. The molecule has 0 bridgehead atoms. The molecule has 0 fully saturated rings. The topological polar surface area (TPSA) is 142 Å². The summed E-state index contributed by atoms with van der Waals surface area (Å²) in [4.78, 5) is 1.01. The largest absolute Gasteiger partial charge is 0.489 e. The van der Waals surface area contributed by atoms with E-state index in [4.69, 9.17) is 13.7 Å². The van der Waals surface area contributed by atoms with Gasteiger partial charge in [0.25, 0.3) is 10.1 Å². The number of ether oxygens (including phenoxy) is 2. The van der Waals surface area contributed by atoms with Crippen LogP contribution < -0.4 is 14.8 Å². The fourth-order valence-electron chi connectivity index (χ4n) is 6.05. The third-order valence-corrected chi connectivity index (χ3v) is 13.8. The zero-order valence-electron chi connectivity index (χ0n) is 29.3. The lowest BCUT2D eigenvalue weighted by atomic mass is 10.0. The van der Waals surface area contributed by atoms with Crippen LogP contribution in [0.4, 0.5) is 0 Å². The molecule has 5 aromatic rings. The molecular formula is C40H41NO9S3. The van der Waals surface area contributed by atoms with Crippen LogP contribution >= 0.6 is 0 Å². The van der Waals surface area contributed by atoms with E-state index < -0.39 is 35.9 Å². The predicted molar refractivity (Wildman–Crippen MR) is 200 cm³/mol. The van der Waals surface area contributed by atoms with Crippen LogP contribution in [-0.2, 0) is 46.8 Å². The molecule has 0 amide bonds. The van der Waals surface area contributed by atoms with Crippen LogP contribution in [0.5, 0.6) is 11.5 Å². The van der Waals surface area contributed by atoms with Gasteiger partial charge >= 0.3 is 0 Å². The minimum atomic E-state index is -3.90. The van der Waals surface area contributed by atoms with Crippen molar-refractivity contribution in [3.8, 4) is 11.5 Å². The Morgan fingerprint density at radius 2 is 1.04 bits per heavy atom. The molecule has 2 aliphatic heterocycles. The Balaban J connectivity index is 0.000000192. The van der Waals surface area contributed by atoms with E-state index in [1.165, 1.54) is 18.2 Å². The van der Waals surface area contributed by atoms with Crippen molar-refractivity contribution in [1.82, 2.24) is 5.32 Å². The van der Waals surface area contributed by atoms with Crippen molar-refractivity contribution < 1.29 is 38.9 Å². The number of hydrogen-bond donors (Lipinski definition) is 1. The molecule has 0 radical (unpaired) electrons. The lowest BCUT2D eigenvalue weighted by Crippen LogP contribution is -2.32. The van der Waals surface area contributed by atoms with Crippen LogP contribution in [-0.4, -0.2) is 57.7 Å². The molecule has 1 N–H and O–H groups in total. The molecule has 278 valence electrons. The minimum absolute atomic E-state index is 0.0885. The monoisotopic (exact) mass is 775 g/mol.